The van der Waals surface area contributed by atoms with Crippen molar-refractivity contribution in [3.8, 4) is 0 Å². The van der Waals surface area contributed by atoms with Gasteiger partial charge in [-0.15, -0.1) is 19.0 Å². The molecule has 1 saturated carbocycles. The third-order valence-corrected chi connectivity index (χ3v) is 5.94. The molecule has 2 saturated heterocycles. The van der Waals surface area contributed by atoms with Gasteiger partial charge in [0.1, 0.15) is 0 Å². The van der Waals surface area contributed by atoms with Crippen LogP contribution >= 0.6 is 12.4 Å². The minimum absolute atomic E-state index is 0. The van der Waals surface area contributed by atoms with Gasteiger partial charge in [-0.25, -0.2) is 0 Å². The van der Waals surface area contributed by atoms with E-state index in [1.165, 1.54) is 57.8 Å². The summed E-state index contributed by atoms with van der Waals surface area (Å²) in [5, 5.41) is 3.67. The van der Waals surface area contributed by atoms with Crippen LogP contribution in [0.1, 0.15) is 64.2 Å². The van der Waals surface area contributed by atoms with Gasteiger partial charge in [0.2, 0.25) is 5.91 Å². The van der Waals surface area contributed by atoms with E-state index in [-0.39, 0.29) is 12.4 Å². The minimum Gasteiger partial charge on any atom is -0.339 e. The van der Waals surface area contributed by atoms with E-state index >= 15 is 0 Å². The Labute approximate surface area is 147 Å². The zero-order chi connectivity index (χ0) is 15.4. The number of nitrogens with zero attached hydrogens (tertiary/aromatic N) is 1. The molecule has 3 rings (SSSR count). The molecule has 0 aromatic heterocycles. The number of hydrogen-bond donors (Lipinski definition) is 1. The number of amides is 1. The van der Waals surface area contributed by atoms with E-state index < -0.39 is 0 Å². The number of nitrogens with one attached hydrogen (secondary N) is 1. The lowest BCUT2D eigenvalue weighted by atomic mass is 9.87. The first-order valence-corrected chi connectivity index (χ1v) is 9.39. The lowest BCUT2D eigenvalue weighted by Gasteiger charge is -2.32. The van der Waals surface area contributed by atoms with Crippen molar-refractivity contribution in [2.75, 3.05) is 13.1 Å². The molecule has 132 valence electrons. The molecule has 0 aromatic rings. The van der Waals surface area contributed by atoms with E-state index in [1.807, 2.05) is 6.08 Å². The summed E-state index contributed by atoms with van der Waals surface area (Å²) in [4.78, 5) is 14.9. The number of hydrogen-bond acceptors (Lipinski definition) is 2. The van der Waals surface area contributed by atoms with Crippen LogP contribution in [-0.2, 0) is 4.79 Å². The second kappa shape index (κ2) is 9.08. The van der Waals surface area contributed by atoms with Crippen LogP contribution in [0.4, 0.5) is 0 Å². The van der Waals surface area contributed by atoms with E-state index in [4.69, 9.17) is 0 Å². The molecule has 3 aliphatic rings. The van der Waals surface area contributed by atoms with Crippen LogP contribution < -0.4 is 5.32 Å². The van der Waals surface area contributed by atoms with Crippen LogP contribution in [0.5, 0.6) is 0 Å². The Hall–Kier alpha value is -0.540. The fraction of sp³-hybridized carbons (Fsp3) is 0.842. The van der Waals surface area contributed by atoms with Crippen LogP contribution in [0, 0.1) is 11.8 Å². The molecule has 1 amide bonds. The summed E-state index contributed by atoms with van der Waals surface area (Å²) in [7, 11) is 0. The van der Waals surface area contributed by atoms with Crippen LogP contribution in [0.3, 0.4) is 0 Å². The van der Waals surface area contributed by atoms with Gasteiger partial charge in [-0.2, -0.15) is 0 Å². The molecule has 1 aliphatic carbocycles. The largest absolute Gasteiger partial charge is 0.339 e. The molecule has 4 heteroatoms. The van der Waals surface area contributed by atoms with Crippen molar-refractivity contribution in [3.05, 3.63) is 12.7 Å². The summed E-state index contributed by atoms with van der Waals surface area (Å²) < 4.78 is 0. The maximum absolute atomic E-state index is 12.8. The van der Waals surface area contributed by atoms with E-state index in [1.54, 1.807) is 0 Å². The first kappa shape index (κ1) is 18.8. The second-order valence-electron chi connectivity index (χ2n) is 7.77. The van der Waals surface area contributed by atoms with Crippen molar-refractivity contribution in [2.24, 2.45) is 11.8 Å². The maximum atomic E-state index is 12.8. The van der Waals surface area contributed by atoms with Gasteiger partial charge in [0.15, 0.2) is 0 Å². The van der Waals surface area contributed by atoms with E-state index in [0.717, 1.165) is 25.4 Å². The Balaban J connectivity index is 0.00000192. The van der Waals surface area contributed by atoms with Gasteiger partial charge < -0.3 is 10.2 Å². The predicted molar refractivity (Wildman–Crippen MR) is 97.9 cm³/mol. The highest BCUT2D eigenvalue weighted by molar-refractivity contribution is 5.85. The number of fused-ring (bicyclic) bond motifs is 2. The van der Waals surface area contributed by atoms with Crippen molar-refractivity contribution >= 4 is 18.3 Å². The van der Waals surface area contributed by atoms with Crippen LogP contribution in [-0.4, -0.2) is 36.0 Å². The van der Waals surface area contributed by atoms with Gasteiger partial charge >= 0.3 is 0 Å². The Bertz CT molecular complexity index is 383. The lowest BCUT2D eigenvalue weighted by Crippen LogP contribution is -2.41. The molecule has 3 fully saturated rings. The lowest BCUT2D eigenvalue weighted by molar-refractivity contribution is -0.132. The highest BCUT2D eigenvalue weighted by Gasteiger charge is 2.35. The van der Waals surface area contributed by atoms with Crippen molar-refractivity contribution in [1.82, 2.24) is 10.2 Å². The van der Waals surface area contributed by atoms with E-state index in [9.17, 15) is 4.79 Å². The highest BCUT2D eigenvalue weighted by Crippen LogP contribution is 2.33. The number of carbonyl (C=O) groups excluding carboxylic acids is 1. The van der Waals surface area contributed by atoms with Crippen LogP contribution in [0.2, 0.25) is 0 Å². The first-order valence-electron chi connectivity index (χ1n) is 9.39. The Morgan fingerprint density at radius 2 is 1.70 bits per heavy atom. The van der Waals surface area contributed by atoms with Crippen molar-refractivity contribution in [3.63, 3.8) is 0 Å². The van der Waals surface area contributed by atoms with Crippen molar-refractivity contribution < 1.29 is 4.79 Å². The normalized spacial score (nSPS) is 30.5. The molecule has 2 bridgehead atoms. The van der Waals surface area contributed by atoms with Gasteiger partial charge in [-0.05, 0) is 50.4 Å². The molecule has 2 atom stereocenters. The molecule has 0 aromatic carbocycles. The smallest absolute Gasteiger partial charge is 0.223 e. The van der Waals surface area contributed by atoms with Gasteiger partial charge in [0.05, 0.1) is 0 Å². The molecule has 2 aliphatic heterocycles. The summed E-state index contributed by atoms with van der Waals surface area (Å²) in [6.45, 7) is 5.54. The topological polar surface area (TPSA) is 32.3 Å². The summed E-state index contributed by atoms with van der Waals surface area (Å²) in [5.74, 6) is 1.70. The maximum Gasteiger partial charge on any atom is 0.223 e. The molecule has 2 heterocycles. The molecular weight excluding hydrogens is 308 g/mol. The fourth-order valence-corrected chi connectivity index (χ4v) is 4.83. The fourth-order valence-electron chi connectivity index (χ4n) is 4.83. The number of carbonyl (C=O) groups is 1. The Morgan fingerprint density at radius 3 is 2.30 bits per heavy atom. The van der Waals surface area contributed by atoms with Crippen molar-refractivity contribution in [2.45, 2.75) is 76.3 Å². The number of piperidine rings is 1. The van der Waals surface area contributed by atoms with Gasteiger partial charge in [0.25, 0.3) is 0 Å². The average Bonchev–Trinajstić information content (AvgIpc) is 2.86. The summed E-state index contributed by atoms with van der Waals surface area (Å²) >= 11 is 0. The quantitative estimate of drug-likeness (QED) is 0.743. The van der Waals surface area contributed by atoms with Crippen LogP contribution in [0.15, 0.2) is 12.7 Å². The summed E-state index contributed by atoms with van der Waals surface area (Å²) in [5.41, 5.74) is 0. The SMILES string of the molecule is C=CCN(CC1CCCCC1)C(=O)CC1CC2CCC(C1)N2.Cl. The zero-order valence-corrected chi connectivity index (χ0v) is 15.2. The second-order valence-corrected chi connectivity index (χ2v) is 7.77. The third-order valence-electron chi connectivity index (χ3n) is 5.94. The summed E-state index contributed by atoms with van der Waals surface area (Å²) in [6, 6.07) is 1.37. The van der Waals surface area contributed by atoms with Gasteiger partial charge in [-0.3, -0.25) is 4.79 Å². The third kappa shape index (κ3) is 5.22. The molecular formula is C19H33ClN2O. The molecule has 0 spiro atoms. The first-order chi connectivity index (χ1) is 10.7. The number of halogens is 1. The van der Waals surface area contributed by atoms with Crippen molar-refractivity contribution in [1.29, 1.82) is 0 Å². The average molecular weight is 341 g/mol. The van der Waals surface area contributed by atoms with Crippen LogP contribution in [0.25, 0.3) is 0 Å². The molecule has 3 nitrogen and oxygen atoms in total. The molecule has 1 N–H and O–H groups in total. The Morgan fingerprint density at radius 1 is 1.04 bits per heavy atom. The zero-order valence-electron chi connectivity index (χ0n) is 14.3. The monoisotopic (exact) mass is 340 g/mol. The van der Waals surface area contributed by atoms with E-state index in [2.05, 4.69) is 16.8 Å². The Kier molecular flexibility index (Phi) is 7.42. The molecule has 23 heavy (non-hydrogen) atoms. The minimum atomic E-state index is 0. The van der Waals surface area contributed by atoms with Gasteiger partial charge in [0, 0.05) is 31.6 Å². The number of rotatable bonds is 6. The highest BCUT2D eigenvalue weighted by atomic mass is 35.5. The van der Waals surface area contributed by atoms with E-state index in [0.29, 0.717) is 23.9 Å². The van der Waals surface area contributed by atoms with Gasteiger partial charge in [-0.1, -0.05) is 25.3 Å². The predicted octanol–water partition coefficient (Wildman–Crippen LogP) is 3.92. The molecule has 2 unspecified atom stereocenters. The molecule has 0 radical (unpaired) electrons. The standard InChI is InChI=1S/C19H32N2O.ClH/c1-2-10-21(14-15-6-4-3-5-7-15)19(22)13-16-11-17-8-9-18(12-16)20-17;/h2,15-18,20H,1,3-14H2;1H. The summed E-state index contributed by atoms with van der Waals surface area (Å²) in [6.07, 6.45) is 14.4.